The van der Waals surface area contributed by atoms with Crippen molar-refractivity contribution in [3.05, 3.63) is 23.3 Å². The topological polar surface area (TPSA) is 58.9 Å². The van der Waals surface area contributed by atoms with E-state index in [1.807, 2.05) is 26.0 Å². The SMILES string of the molecule is Cc1ccc(C)c2c1O[C@@H](CO)[C@H](CO)O2. The summed E-state index contributed by atoms with van der Waals surface area (Å²) >= 11 is 0. The van der Waals surface area contributed by atoms with Crippen LogP contribution in [-0.4, -0.2) is 35.6 Å². The molecule has 0 amide bonds. The first-order valence-corrected chi connectivity index (χ1v) is 5.32. The molecule has 0 saturated heterocycles. The molecule has 0 aromatic heterocycles. The minimum atomic E-state index is -0.502. The predicted octanol–water partition coefficient (Wildman–Crippen LogP) is 0.796. The Balaban J connectivity index is 2.41. The molecule has 2 N–H and O–H groups in total. The molecule has 0 spiro atoms. The lowest BCUT2D eigenvalue weighted by Crippen LogP contribution is -2.44. The van der Waals surface area contributed by atoms with Crippen LogP contribution in [-0.2, 0) is 0 Å². The van der Waals surface area contributed by atoms with E-state index in [4.69, 9.17) is 19.7 Å². The van der Waals surface area contributed by atoms with Crippen LogP contribution in [0, 0.1) is 13.8 Å². The van der Waals surface area contributed by atoms with Gasteiger partial charge in [-0.05, 0) is 25.0 Å². The normalized spacial score (nSPS) is 23.2. The van der Waals surface area contributed by atoms with Gasteiger partial charge in [0, 0.05) is 0 Å². The lowest BCUT2D eigenvalue weighted by Gasteiger charge is -2.33. The first kappa shape index (κ1) is 11.2. The lowest BCUT2D eigenvalue weighted by molar-refractivity contribution is -0.0358. The molecule has 0 radical (unpaired) electrons. The van der Waals surface area contributed by atoms with Crippen molar-refractivity contribution in [2.75, 3.05) is 13.2 Å². The summed E-state index contributed by atoms with van der Waals surface area (Å²) in [5, 5.41) is 18.3. The number of benzene rings is 1. The number of hydrogen-bond donors (Lipinski definition) is 2. The number of aliphatic hydroxyl groups excluding tert-OH is 2. The Labute approximate surface area is 94.4 Å². The molecule has 4 heteroatoms. The van der Waals surface area contributed by atoms with Crippen LogP contribution in [0.5, 0.6) is 11.5 Å². The van der Waals surface area contributed by atoms with Gasteiger partial charge >= 0.3 is 0 Å². The zero-order chi connectivity index (χ0) is 11.7. The number of fused-ring (bicyclic) bond motifs is 1. The fourth-order valence-electron chi connectivity index (χ4n) is 1.82. The molecule has 0 fully saturated rings. The molecule has 1 aromatic rings. The van der Waals surface area contributed by atoms with Crippen molar-refractivity contribution < 1.29 is 19.7 Å². The van der Waals surface area contributed by atoms with Gasteiger partial charge < -0.3 is 19.7 Å². The number of rotatable bonds is 2. The van der Waals surface area contributed by atoms with Gasteiger partial charge in [0.15, 0.2) is 23.7 Å². The van der Waals surface area contributed by atoms with E-state index in [9.17, 15) is 0 Å². The summed E-state index contributed by atoms with van der Waals surface area (Å²) in [6.07, 6.45) is -1.00. The highest BCUT2D eigenvalue weighted by atomic mass is 16.6. The molecule has 88 valence electrons. The van der Waals surface area contributed by atoms with Crippen LogP contribution >= 0.6 is 0 Å². The Morgan fingerprint density at radius 3 is 1.62 bits per heavy atom. The maximum atomic E-state index is 9.16. The molecule has 1 aromatic carbocycles. The van der Waals surface area contributed by atoms with Crippen LogP contribution in [0.4, 0.5) is 0 Å². The molecule has 0 aliphatic carbocycles. The number of ether oxygens (including phenoxy) is 2. The molecular formula is C12H16O4. The number of hydrogen-bond acceptors (Lipinski definition) is 4. The molecule has 2 rings (SSSR count). The molecule has 1 aliphatic heterocycles. The number of aryl methyl sites for hydroxylation is 2. The average Bonchev–Trinajstić information content (AvgIpc) is 2.32. The van der Waals surface area contributed by atoms with E-state index < -0.39 is 12.2 Å². The van der Waals surface area contributed by atoms with Gasteiger partial charge in [0.2, 0.25) is 0 Å². The number of aliphatic hydroxyl groups is 2. The Bertz CT molecular complexity index is 352. The van der Waals surface area contributed by atoms with Gasteiger partial charge in [0.05, 0.1) is 13.2 Å². The lowest BCUT2D eigenvalue weighted by atomic mass is 10.1. The van der Waals surface area contributed by atoms with Crippen LogP contribution in [0.2, 0.25) is 0 Å². The van der Waals surface area contributed by atoms with Gasteiger partial charge in [-0.15, -0.1) is 0 Å². The van der Waals surface area contributed by atoms with Crippen molar-refractivity contribution >= 4 is 0 Å². The maximum absolute atomic E-state index is 9.16. The summed E-state index contributed by atoms with van der Waals surface area (Å²) in [4.78, 5) is 0. The van der Waals surface area contributed by atoms with E-state index in [1.165, 1.54) is 0 Å². The van der Waals surface area contributed by atoms with E-state index in [2.05, 4.69) is 0 Å². The molecule has 0 saturated carbocycles. The highest BCUT2D eigenvalue weighted by Crippen LogP contribution is 2.39. The Morgan fingerprint density at radius 1 is 0.938 bits per heavy atom. The molecule has 2 atom stereocenters. The third-order valence-corrected chi connectivity index (χ3v) is 2.82. The smallest absolute Gasteiger partial charge is 0.165 e. The van der Waals surface area contributed by atoms with Crippen LogP contribution < -0.4 is 9.47 Å². The van der Waals surface area contributed by atoms with E-state index >= 15 is 0 Å². The largest absolute Gasteiger partial charge is 0.480 e. The highest BCUT2D eigenvalue weighted by molar-refractivity contribution is 5.52. The molecular weight excluding hydrogens is 208 g/mol. The van der Waals surface area contributed by atoms with Crippen molar-refractivity contribution in [2.45, 2.75) is 26.1 Å². The van der Waals surface area contributed by atoms with Gasteiger partial charge in [-0.3, -0.25) is 0 Å². The predicted molar refractivity (Wildman–Crippen MR) is 58.9 cm³/mol. The minimum absolute atomic E-state index is 0.169. The van der Waals surface area contributed by atoms with Gasteiger partial charge in [-0.25, -0.2) is 0 Å². The average molecular weight is 224 g/mol. The standard InChI is InChI=1S/C12H16O4/c1-7-3-4-8(2)12-11(7)15-9(5-13)10(6-14)16-12/h3-4,9-10,13-14H,5-6H2,1-2H3/t9-,10-/m0/s1. The second-order valence-electron chi connectivity index (χ2n) is 4.04. The highest BCUT2D eigenvalue weighted by Gasteiger charge is 2.32. The third-order valence-electron chi connectivity index (χ3n) is 2.82. The minimum Gasteiger partial charge on any atom is -0.480 e. The van der Waals surface area contributed by atoms with Gasteiger partial charge in [0.1, 0.15) is 0 Å². The van der Waals surface area contributed by atoms with E-state index in [-0.39, 0.29) is 13.2 Å². The van der Waals surface area contributed by atoms with Gasteiger partial charge in [-0.2, -0.15) is 0 Å². The zero-order valence-electron chi connectivity index (χ0n) is 9.43. The summed E-state index contributed by atoms with van der Waals surface area (Å²) in [7, 11) is 0. The van der Waals surface area contributed by atoms with Crippen LogP contribution in [0.3, 0.4) is 0 Å². The molecule has 1 heterocycles. The first-order valence-electron chi connectivity index (χ1n) is 5.32. The summed E-state index contributed by atoms with van der Waals surface area (Å²) in [6.45, 7) is 3.51. The summed E-state index contributed by atoms with van der Waals surface area (Å²) in [6, 6.07) is 3.90. The second kappa shape index (κ2) is 4.31. The van der Waals surface area contributed by atoms with Crippen molar-refractivity contribution in [1.82, 2.24) is 0 Å². The van der Waals surface area contributed by atoms with Gasteiger partial charge in [0.25, 0.3) is 0 Å². The fraction of sp³-hybridized carbons (Fsp3) is 0.500. The monoisotopic (exact) mass is 224 g/mol. The third kappa shape index (κ3) is 1.74. The van der Waals surface area contributed by atoms with Crippen LogP contribution in [0.1, 0.15) is 11.1 Å². The van der Waals surface area contributed by atoms with Crippen LogP contribution in [0.15, 0.2) is 12.1 Å². The molecule has 0 bridgehead atoms. The Kier molecular flexibility index (Phi) is 3.03. The Morgan fingerprint density at radius 2 is 1.31 bits per heavy atom. The van der Waals surface area contributed by atoms with Crippen molar-refractivity contribution in [3.8, 4) is 11.5 Å². The molecule has 1 aliphatic rings. The van der Waals surface area contributed by atoms with E-state index in [0.29, 0.717) is 11.5 Å². The van der Waals surface area contributed by atoms with Gasteiger partial charge in [-0.1, -0.05) is 12.1 Å². The zero-order valence-corrected chi connectivity index (χ0v) is 9.43. The van der Waals surface area contributed by atoms with Crippen LogP contribution in [0.25, 0.3) is 0 Å². The van der Waals surface area contributed by atoms with Crippen molar-refractivity contribution in [1.29, 1.82) is 0 Å². The summed E-state index contributed by atoms with van der Waals surface area (Å²) < 4.78 is 11.3. The summed E-state index contributed by atoms with van der Waals surface area (Å²) in [5.74, 6) is 1.34. The maximum Gasteiger partial charge on any atom is 0.165 e. The second-order valence-corrected chi connectivity index (χ2v) is 4.04. The van der Waals surface area contributed by atoms with Crippen molar-refractivity contribution in [2.24, 2.45) is 0 Å². The summed E-state index contributed by atoms with van der Waals surface area (Å²) in [5.41, 5.74) is 1.94. The van der Waals surface area contributed by atoms with E-state index in [1.54, 1.807) is 0 Å². The Hall–Kier alpha value is -1.26. The van der Waals surface area contributed by atoms with E-state index in [0.717, 1.165) is 11.1 Å². The molecule has 16 heavy (non-hydrogen) atoms. The quantitative estimate of drug-likeness (QED) is 0.780. The molecule has 4 nitrogen and oxygen atoms in total. The molecule has 0 unspecified atom stereocenters. The van der Waals surface area contributed by atoms with Crippen molar-refractivity contribution in [3.63, 3.8) is 0 Å². The fourth-order valence-corrected chi connectivity index (χ4v) is 1.82. The first-order chi connectivity index (χ1) is 7.67.